The van der Waals surface area contributed by atoms with Crippen LogP contribution in [0.5, 0.6) is 0 Å². The second-order valence-electron chi connectivity index (χ2n) is 6.36. The summed E-state index contributed by atoms with van der Waals surface area (Å²) in [5.74, 6) is -0.161. The predicted molar refractivity (Wildman–Crippen MR) is 85.4 cm³/mol. The molecule has 2 amide bonds. The molecule has 0 radical (unpaired) electrons. The summed E-state index contributed by atoms with van der Waals surface area (Å²) in [5.41, 5.74) is 1.17. The van der Waals surface area contributed by atoms with Gasteiger partial charge in [0, 0.05) is 22.8 Å². The Kier molecular flexibility index (Phi) is 5.76. The van der Waals surface area contributed by atoms with Gasteiger partial charge in [-0.15, -0.1) is 0 Å². The number of carbonyl (C=O) groups is 2. The Morgan fingerprint density at radius 3 is 2.14 bits per heavy atom. The zero-order chi connectivity index (χ0) is 16.0. The highest BCUT2D eigenvalue weighted by molar-refractivity contribution is 5.94. The first-order valence-electron chi connectivity index (χ1n) is 7.13. The molecule has 0 aliphatic rings. The Morgan fingerprint density at radius 1 is 1.10 bits per heavy atom. The third-order valence-corrected chi connectivity index (χ3v) is 2.53. The lowest BCUT2D eigenvalue weighted by molar-refractivity contribution is -0.120. The lowest BCUT2D eigenvalue weighted by Gasteiger charge is -2.20. The van der Waals surface area contributed by atoms with Crippen LogP contribution in [0.1, 0.15) is 45.0 Å². The van der Waals surface area contributed by atoms with E-state index in [0.29, 0.717) is 5.56 Å². The van der Waals surface area contributed by atoms with E-state index in [1.165, 1.54) is 0 Å². The predicted octanol–water partition coefficient (Wildman–Crippen LogP) is 2.15. The first-order valence-corrected chi connectivity index (χ1v) is 7.13. The van der Waals surface area contributed by atoms with E-state index < -0.39 is 0 Å². The van der Waals surface area contributed by atoms with Gasteiger partial charge in [-0.05, 0) is 58.9 Å². The Hall–Kier alpha value is -2.04. The standard InChI is InChI=1S/C16H25N3O2/c1-11(2)18-15(21)12-6-8-13(9-7-12)17-10-14(20)19-16(3,4)5/h6-9,11,17H,10H2,1-5H3,(H,18,21)(H,19,20). The maximum absolute atomic E-state index is 11.8. The summed E-state index contributed by atoms with van der Waals surface area (Å²) < 4.78 is 0. The molecule has 5 nitrogen and oxygen atoms in total. The van der Waals surface area contributed by atoms with Gasteiger partial charge < -0.3 is 16.0 Å². The summed E-state index contributed by atoms with van der Waals surface area (Å²) in [6.07, 6.45) is 0. The van der Waals surface area contributed by atoms with Gasteiger partial charge >= 0.3 is 0 Å². The van der Waals surface area contributed by atoms with Crippen molar-refractivity contribution in [3.63, 3.8) is 0 Å². The lowest BCUT2D eigenvalue weighted by atomic mass is 10.1. The van der Waals surface area contributed by atoms with Crippen LogP contribution in [0.15, 0.2) is 24.3 Å². The zero-order valence-corrected chi connectivity index (χ0v) is 13.4. The third kappa shape index (κ3) is 6.79. The van der Waals surface area contributed by atoms with E-state index in [1.807, 2.05) is 34.6 Å². The zero-order valence-electron chi connectivity index (χ0n) is 13.4. The first-order chi connectivity index (χ1) is 9.67. The van der Waals surface area contributed by atoms with Gasteiger partial charge in [0.2, 0.25) is 5.91 Å². The minimum atomic E-state index is -0.239. The number of carbonyl (C=O) groups excluding carboxylic acids is 2. The number of hydrogen-bond acceptors (Lipinski definition) is 3. The Morgan fingerprint density at radius 2 is 1.67 bits per heavy atom. The Bertz CT molecular complexity index is 487. The SMILES string of the molecule is CC(C)NC(=O)c1ccc(NCC(=O)NC(C)(C)C)cc1. The Labute approximate surface area is 126 Å². The molecule has 21 heavy (non-hydrogen) atoms. The normalized spacial score (nSPS) is 11.1. The van der Waals surface area contributed by atoms with Crippen molar-refractivity contribution in [3.05, 3.63) is 29.8 Å². The monoisotopic (exact) mass is 291 g/mol. The number of anilines is 1. The molecule has 0 saturated heterocycles. The van der Waals surface area contributed by atoms with Crippen LogP contribution in [-0.2, 0) is 4.79 Å². The van der Waals surface area contributed by atoms with E-state index in [0.717, 1.165) is 5.69 Å². The summed E-state index contributed by atoms with van der Waals surface area (Å²) in [6, 6.07) is 7.17. The van der Waals surface area contributed by atoms with Crippen molar-refractivity contribution in [2.45, 2.75) is 46.2 Å². The highest BCUT2D eigenvalue weighted by atomic mass is 16.2. The van der Waals surface area contributed by atoms with E-state index in [2.05, 4.69) is 16.0 Å². The van der Waals surface area contributed by atoms with Gasteiger partial charge in [0.15, 0.2) is 0 Å². The molecule has 0 spiro atoms. The number of nitrogens with one attached hydrogen (secondary N) is 3. The van der Waals surface area contributed by atoms with Gasteiger partial charge in [-0.1, -0.05) is 0 Å². The molecule has 0 atom stereocenters. The van der Waals surface area contributed by atoms with Gasteiger partial charge in [-0.3, -0.25) is 9.59 Å². The minimum Gasteiger partial charge on any atom is -0.376 e. The van der Waals surface area contributed by atoms with Gasteiger partial charge in [-0.2, -0.15) is 0 Å². The highest BCUT2D eigenvalue weighted by Crippen LogP contribution is 2.09. The maximum atomic E-state index is 11.8. The van der Waals surface area contributed by atoms with Crippen molar-refractivity contribution in [1.82, 2.24) is 10.6 Å². The van der Waals surface area contributed by atoms with E-state index in [1.54, 1.807) is 24.3 Å². The molecule has 0 heterocycles. The van der Waals surface area contributed by atoms with E-state index >= 15 is 0 Å². The number of rotatable bonds is 5. The van der Waals surface area contributed by atoms with Crippen molar-refractivity contribution in [2.24, 2.45) is 0 Å². The fraction of sp³-hybridized carbons (Fsp3) is 0.500. The van der Waals surface area contributed by atoms with Crippen LogP contribution in [0.3, 0.4) is 0 Å². The summed E-state index contributed by atoms with van der Waals surface area (Å²) >= 11 is 0. The summed E-state index contributed by atoms with van der Waals surface area (Å²) in [5, 5.41) is 8.74. The van der Waals surface area contributed by atoms with Crippen LogP contribution in [0.2, 0.25) is 0 Å². The van der Waals surface area contributed by atoms with Crippen LogP contribution in [0.25, 0.3) is 0 Å². The van der Waals surface area contributed by atoms with Crippen LogP contribution >= 0.6 is 0 Å². The molecule has 0 aliphatic heterocycles. The molecule has 0 saturated carbocycles. The Balaban J connectivity index is 2.52. The third-order valence-electron chi connectivity index (χ3n) is 2.53. The molecular formula is C16H25N3O2. The molecule has 1 aromatic carbocycles. The van der Waals surface area contributed by atoms with Gasteiger partial charge in [0.05, 0.1) is 6.54 Å². The molecular weight excluding hydrogens is 266 g/mol. The molecule has 1 aromatic rings. The van der Waals surface area contributed by atoms with Crippen molar-refractivity contribution in [1.29, 1.82) is 0 Å². The van der Waals surface area contributed by atoms with Crippen LogP contribution in [0.4, 0.5) is 5.69 Å². The second-order valence-corrected chi connectivity index (χ2v) is 6.36. The molecule has 3 N–H and O–H groups in total. The number of amides is 2. The van der Waals surface area contributed by atoms with Gasteiger partial charge in [-0.25, -0.2) is 0 Å². The highest BCUT2D eigenvalue weighted by Gasteiger charge is 2.13. The fourth-order valence-corrected chi connectivity index (χ4v) is 1.73. The van der Waals surface area contributed by atoms with Crippen molar-refractivity contribution in [3.8, 4) is 0 Å². The van der Waals surface area contributed by atoms with E-state index in [4.69, 9.17) is 0 Å². The summed E-state index contributed by atoms with van der Waals surface area (Å²) in [7, 11) is 0. The molecule has 1 rings (SSSR count). The first kappa shape index (κ1) is 17.0. The van der Waals surface area contributed by atoms with Gasteiger partial charge in [0.25, 0.3) is 5.91 Å². The lowest BCUT2D eigenvalue weighted by Crippen LogP contribution is -2.43. The van der Waals surface area contributed by atoms with Crippen LogP contribution in [0, 0.1) is 0 Å². The second kappa shape index (κ2) is 7.11. The van der Waals surface area contributed by atoms with Crippen molar-refractivity contribution >= 4 is 17.5 Å². The number of hydrogen-bond donors (Lipinski definition) is 3. The molecule has 0 bridgehead atoms. The smallest absolute Gasteiger partial charge is 0.251 e. The van der Waals surface area contributed by atoms with E-state index in [-0.39, 0.29) is 29.9 Å². The molecule has 0 aromatic heterocycles. The summed E-state index contributed by atoms with van der Waals surface area (Å²) in [4.78, 5) is 23.5. The molecule has 0 fully saturated rings. The largest absolute Gasteiger partial charge is 0.376 e. The van der Waals surface area contributed by atoms with E-state index in [9.17, 15) is 9.59 Å². The average Bonchev–Trinajstić information content (AvgIpc) is 2.34. The molecule has 5 heteroatoms. The van der Waals surface area contributed by atoms with Crippen LogP contribution < -0.4 is 16.0 Å². The molecule has 116 valence electrons. The fourth-order valence-electron chi connectivity index (χ4n) is 1.73. The number of benzene rings is 1. The van der Waals surface area contributed by atoms with Gasteiger partial charge in [0.1, 0.15) is 0 Å². The minimum absolute atomic E-state index is 0.0656. The summed E-state index contributed by atoms with van der Waals surface area (Å²) in [6.45, 7) is 9.85. The quantitative estimate of drug-likeness (QED) is 0.778. The average molecular weight is 291 g/mol. The van der Waals surface area contributed by atoms with Crippen molar-refractivity contribution < 1.29 is 9.59 Å². The molecule has 0 unspecified atom stereocenters. The molecule has 0 aliphatic carbocycles. The maximum Gasteiger partial charge on any atom is 0.251 e. The topological polar surface area (TPSA) is 70.2 Å². The van der Waals surface area contributed by atoms with Crippen LogP contribution in [-0.4, -0.2) is 29.9 Å². The van der Waals surface area contributed by atoms with Crippen molar-refractivity contribution in [2.75, 3.05) is 11.9 Å².